The van der Waals surface area contributed by atoms with Crippen molar-refractivity contribution in [2.75, 3.05) is 0 Å². The number of benzene rings is 1. The number of hydrogen-bond acceptors (Lipinski definition) is 5. The maximum atomic E-state index is 12.3. The number of halogens is 3. The van der Waals surface area contributed by atoms with Gasteiger partial charge < -0.3 is 9.26 Å². The van der Waals surface area contributed by atoms with E-state index in [4.69, 9.17) is 4.52 Å². The second kappa shape index (κ2) is 6.23. The Morgan fingerprint density at radius 2 is 1.87 bits per heavy atom. The van der Waals surface area contributed by atoms with Crippen molar-refractivity contribution < 1.29 is 30.8 Å². The van der Waals surface area contributed by atoms with E-state index >= 15 is 0 Å². The van der Waals surface area contributed by atoms with Crippen LogP contribution in [0.4, 0.5) is 13.2 Å². The molecule has 0 N–H and O–H groups in total. The average Bonchev–Trinajstić information content (AvgIpc) is 2.81. The van der Waals surface area contributed by atoms with Gasteiger partial charge in [0.15, 0.2) is 15.6 Å². The van der Waals surface area contributed by atoms with Crippen LogP contribution in [0.5, 0.6) is 5.75 Å². The highest BCUT2D eigenvalue weighted by Crippen LogP contribution is 2.29. The molecule has 0 aliphatic carbocycles. The second-order valence-corrected chi connectivity index (χ2v) is 7.32. The first-order valence-corrected chi connectivity index (χ1v) is 8.28. The van der Waals surface area contributed by atoms with Crippen LogP contribution in [-0.2, 0) is 15.6 Å². The van der Waals surface area contributed by atoms with E-state index in [1.54, 1.807) is 6.92 Å². The number of ether oxygens (including phenoxy) is 1. The molecule has 126 valence electrons. The van der Waals surface area contributed by atoms with Crippen molar-refractivity contribution in [1.29, 1.82) is 0 Å². The van der Waals surface area contributed by atoms with Gasteiger partial charge in [0.05, 0.1) is 10.9 Å². The first-order chi connectivity index (χ1) is 10.6. The van der Waals surface area contributed by atoms with Crippen LogP contribution in [0.3, 0.4) is 0 Å². The van der Waals surface area contributed by atoms with Crippen LogP contribution in [0.15, 0.2) is 34.9 Å². The Morgan fingerprint density at radius 3 is 2.35 bits per heavy atom. The molecule has 0 saturated carbocycles. The molecule has 2 rings (SSSR count). The Hall–Kier alpha value is -2.03. The zero-order valence-corrected chi connectivity index (χ0v) is 13.1. The number of sulfone groups is 1. The van der Waals surface area contributed by atoms with Crippen molar-refractivity contribution in [3.05, 3.63) is 47.3 Å². The molecule has 0 bridgehead atoms. The summed E-state index contributed by atoms with van der Waals surface area (Å²) in [4.78, 5) is 0. The Morgan fingerprint density at radius 1 is 1.26 bits per heavy atom. The third-order valence-electron chi connectivity index (χ3n) is 3.14. The normalized spacial score (nSPS) is 13.8. The lowest BCUT2D eigenvalue weighted by molar-refractivity contribution is -0.274. The minimum Gasteiger partial charge on any atom is -0.406 e. The third kappa shape index (κ3) is 4.72. The van der Waals surface area contributed by atoms with E-state index in [0.717, 1.165) is 12.1 Å². The SMILES string of the molecule is Cc1cc(CS(=O)(=O)[C@@H](C)c2ccc(OC(F)(F)F)cc2)on1. The Bertz CT molecular complexity index is 766. The molecule has 2 aromatic rings. The molecular weight excluding hydrogens is 335 g/mol. The van der Waals surface area contributed by atoms with Gasteiger partial charge in [0.25, 0.3) is 0 Å². The van der Waals surface area contributed by atoms with Gasteiger partial charge in [-0.2, -0.15) is 0 Å². The molecule has 0 unspecified atom stereocenters. The zero-order chi connectivity index (χ0) is 17.3. The highest BCUT2D eigenvalue weighted by atomic mass is 32.2. The van der Waals surface area contributed by atoms with Crippen LogP contribution in [0.1, 0.15) is 29.2 Å². The van der Waals surface area contributed by atoms with Crippen molar-refractivity contribution in [1.82, 2.24) is 5.16 Å². The van der Waals surface area contributed by atoms with Gasteiger partial charge in [-0.05, 0) is 31.5 Å². The van der Waals surface area contributed by atoms with Crippen molar-refractivity contribution in [3.8, 4) is 5.75 Å². The van der Waals surface area contributed by atoms with Gasteiger partial charge in [0, 0.05) is 6.07 Å². The molecule has 1 aromatic heterocycles. The molecular formula is C14H14F3NO4S. The molecule has 9 heteroatoms. The summed E-state index contributed by atoms with van der Waals surface area (Å²) in [5.41, 5.74) is 0.923. The van der Waals surface area contributed by atoms with Crippen LogP contribution in [0, 0.1) is 6.92 Å². The molecule has 0 saturated heterocycles. The monoisotopic (exact) mass is 349 g/mol. The van der Waals surface area contributed by atoms with Crippen LogP contribution < -0.4 is 4.74 Å². The van der Waals surface area contributed by atoms with E-state index in [2.05, 4.69) is 9.89 Å². The van der Waals surface area contributed by atoms with Gasteiger partial charge in [-0.1, -0.05) is 17.3 Å². The fourth-order valence-corrected chi connectivity index (χ4v) is 3.31. The van der Waals surface area contributed by atoms with E-state index in [-0.39, 0.29) is 11.5 Å². The van der Waals surface area contributed by atoms with E-state index in [1.807, 2.05) is 0 Å². The largest absolute Gasteiger partial charge is 0.573 e. The number of aromatic nitrogens is 1. The minimum atomic E-state index is -4.79. The molecule has 1 aromatic carbocycles. The fraction of sp³-hybridized carbons (Fsp3) is 0.357. The van der Waals surface area contributed by atoms with Gasteiger partial charge in [0.2, 0.25) is 0 Å². The Kier molecular flexibility index (Phi) is 4.69. The van der Waals surface area contributed by atoms with Gasteiger partial charge in [-0.3, -0.25) is 0 Å². The van der Waals surface area contributed by atoms with Crippen molar-refractivity contribution >= 4 is 9.84 Å². The summed E-state index contributed by atoms with van der Waals surface area (Å²) in [6, 6.07) is 6.25. The minimum absolute atomic E-state index is 0.214. The second-order valence-electron chi connectivity index (χ2n) is 5.00. The average molecular weight is 349 g/mol. The van der Waals surface area contributed by atoms with Crippen molar-refractivity contribution in [2.24, 2.45) is 0 Å². The van der Waals surface area contributed by atoms with Crippen LogP contribution >= 0.6 is 0 Å². The maximum absolute atomic E-state index is 12.3. The molecule has 23 heavy (non-hydrogen) atoms. The number of nitrogens with zero attached hydrogens (tertiary/aromatic N) is 1. The van der Waals surface area contributed by atoms with Crippen molar-refractivity contribution in [3.63, 3.8) is 0 Å². The first kappa shape index (κ1) is 17.3. The van der Waals surface area contributed by atoms with E-state index < -0.39 is 27.2 Å². The number of aryl methyl sites for hydroxylation is 1. The molecule has 0 radical (unpaired) electrons. The summed E-state index contributed by atoms with van der Waals surface area (Å²) in [6.45, 7) is 3.13. The van der Waals surface area contributed by atoms with E-state index in [1.165, 1.54) is 25.1 Å². The molecule has 1 atom stereocenters. The lowest BCUT2D eigenvalue weighted by Gasteiger charge is -2.14. The van der Waals surface area contributed by atoms with Gasteiger partial charge in [-0.25, -0.2) is 8.42 Å². The van der Waals surface area contributed by atoms with E-state index in [9.17, 15) is 21.6 Å². The Labute approximate surface area is 131 Å². The molecule has 0 amide bonds. The lowest BCUT2D eigenvalue weighted by Crippen LogP contribution is -2.17. The predicted molar refractivity (Wildman–Crippen MR) is 75.4 cm³/mol. The molecule has 0 aliphatic heterocycles. The fourth-order valence-electron chi connectivity index (χ4n) is 1.96. The molecule has 5 nitrogen and oxygen atoms in total. The summed E-state index contributed by atoms with van der Waals surface area (Å²) < 4.78 is 69.6. The molecule has 1 heterocycles. The van der Waals surface area contributed by atoms with Gasteiger partial charge in [0.1, 0.15) is 11.5 Å². The predicted octanol–water partition coefficient (Wildman–Crippen LogP) is 3.56. The lowest BCUT2D eigenvalue weighted by atomic mass is 10.1. The van der Waals surface area contributed by atoms with E-state index in [0.29, 0.717) is 11.3 Å². The van der Waals surface area contributed by atoms with Gasteiger partial charge in [-0.15, -0.1) is 13.2 Å². The molecule has 0 spiro atoms. The summed E-state index contributed by atoms with van der Waals surface area (Å²) in [5, 5.41) is 2.71. The summed E-state index contributed by atoms with van der Waals surface area (Å²) in [6.07, 6.45) is -4.79. The molecule has 0 fully saturated rings. The number of hydrogen-bond donors (Lipinski definition) is 0. The Balaban J connectivity index is 2.14. The topological polar surface area (TPSA) is 69.4 Å². The quantitative estimate of drug-likeness (QED) is 0.825. The first-order valence-electron chi connectivity index (χ1n) is 6.56. The highest BCUT2D eigenvalue weighted by molar-refractivity contribution is 7.90. The summed E-state index contributed by atoms with van der Waals surface area (Å²) >= 11 is 0. The van der Waals surface area contributed by atoms with Crippen LogP contribution in [0.2, 0.25) is 0 Å². The zero-order valence-electron chi connectivity index (χ0n) is 12.3. The van der Waals surface area contributed by atoms with Gasteiger partial charge >= 0.3 is 6.36 Å². The smallest absolute Gasteiger partial charge is 0.406 e. The highest BCUT2D eigenvalue weighted by Gasteiger charge is 2.31. The third-order valence-corrected chi connectivity index (χ3v) is 5.18. The van der Waals surface area contributed by atoms with Crippen LogP contribution in [0.25, 0.3) is 0 Å². The number of rotatable bonds is 5. The molecule has 0 aliphatic rings. The summed E-state index contributed by atoms with van der Waals surface area (Å²) in [7, 11) is -3.60. The summed E-state index contributed by atoms with van der Waals surface area (Å²) in [5.74, 6) is -0.529. The van der Waals surface area contributed by atoms with Crippen molar-refractivity contribution in [2.45, 2.75) is 31.2 Å². The van der Waals surface area contributed by atoms with Crippen LogP contribution in [-0.4, -0.2) is 19.9 Å². The maximum Gasteiger partial charge on any atom is 0.573 e. The standard InChI is InChI=1S/C14H14F3NO4S/c1-9-7-13(22-18-9)8-23(19,20)10(2)11-3-5-12(6-4-11)21-14(15,16)17/h3-7,10H,8H2,1-2H3/t10-/m0/s1. The number of alkyl halides is 3.